The molecule has 7 heteroatoms. The lowest BCUT2D eigenvalue weighted by Crippen LogP contribution is -2.34. The van der Waals surface area contributed by atoms with Gasteiger partial charge in [0.15, 0.2) is 0 Å². The molecule has 6 nitrogen and oxygen atoms in total. The van der Waals surface area contributed by atoms with Crippen molar-refractivity contribution in [3.05, 3.63) is 29.0 Å². The zero-order chi connectivity index (χ0) is 15.9. The van der Waals surface area contributed by atoms with Crippen molar-refractivity contribution in [2.24, 2.45) is 5.92 Å². The van der Waals surface area contributed by atoms with Gasteiger partial charge in [-0.25, -0.2) is 9.78 Å². The molecule has 116 valence electrons. The highest BCUT2D eigenvalue weighted by molar-refractivity contribution is 7.13. The van der Waals surface area contributed by atoms with Gasteiger partial charge in [0.05, 0.1) is 11.4 Å². The molecule has 1 aliphatic rings. The minimum atomic E-state index is -0.462. The van der Waals surface area contributed by atoms with Crippen LogP contribution >= 0.6 is 11.3 Å². The van der Waals surface area contributed by atoms with E-state index in [2.05, 4.69) is 10.3 Å². The molecule has 1 saturated heterocycles. The summed E-state index contributed by atoms with van der Waals surface area (Å²) in [4.78, 5) is 30.8. The fourth-order valence-electron chi connectivity index (χ4n) is 2.37. The molecule has 1 unspecified atom stereocenters. The predicted octanol–water partition coefficient (Wildman–Crippen LogP) is 2.79. The Bertz CT molecular complexity index is 706. The maximum atomic E-state index is 12.3. The minimum absolute atomic E-state index is 0.0570. The van der Waals surface area contributed by atoms with E-state index in [1.165, 1.54) is 16.2 Å². The number of aromatic nitrogens is 1. The molecular formula is C15H17N3O3S. The highest BCUT2D eigenvalue weighted by atomic mass is 32.1. The molecule has 0 radical (unpaired) electrons. The van der Waals surface area contributed by atoms with Crippen molar-refractivity contribution >= 4 is 23.3 Å². The number of hydrogen-bond acceptors (Lipinski definition) is 5. The Labute approximate surface area is 132 Å². The smallest absolute Gasteiger partial charge is 0.325 e. The molecule has 2 aromatic rings. The summed E-state index contributed by atoms with van der Waals surface area (Å²) in [7, 11) is 0. The van der Waals surface area contributed by atoms with E-state index in [1.54, 1.807) is 6.92 Å². The van der Waals surface area contributed by atoms with E-state index < -0.39 is 6.04 Å². The Kier molecular flexibility index (Phi) is 3.74. The third-order valence-electron chi connectivity index (χ3n) is 3.66. The molecule has 1 fully saturated rings. The summed E-state index contributed by atoms with van der Waals surface area (Å²) in [6.45, 7) is 5.73. The number of urea groups is 1. The van der Waals surface area contributed by atoms with Crippen LogP contribution in [-0.4, -0.2) is 27.9 Å². The molecule has 0 spiro atoms. The first kappa shape index (κ1) is 14.8. The van der Waals surface area contributed by atoms with Gasteiger partial charge in [-0.1, -0.05) is 19.9 Å². The number of thiophene rings is 1. The van der Waals surface area contributed by atoms with Gasteiger partial charge in [-0.05, 0) is 24.3 Å². The number of carbonyl (C=O) groups is 2. The van der Waals surface area contributed by atoms with E-state index in [0.29, 0.717) is 17.3 Å². The molecule has 0 aromatic carbocycles. The van der Waals surface area contributed by atoms with Gasteiger partial charge >= 0.3 is 6.03 Å². The van der Waals surface area contributed by atoms with Gasteiger partial charge in [-0.2, -0.15) is 0 Å². The molecule has 3 amide bonds. The number of imide groups is 1. The molecule has 0 aliphatic carbocycles. The fourth-order valence-corrected chi connectivity index (χ4v) is 3.02. The van der Waals surface area contributed by atoms with E-state index in [-0.39, 0.29) is 24.4 Å². The SMILES string of the molecule is Cc1oc(-c2cccs2)nc1CN1C(=O)NC(C(C)C)C1=O. The standard InChI is InChI=1S/C15H17N3O3S/c1-8(2)12-14(19)18(15(20)17-12)7-10-9(3)21-13(16-10)11-5-4-6-22-11/h4-6,8,12H,7H2,1-3H3,(H,17,20). The second-order valence-corrected chi connectivity index (χ2v) is 6.54. The van der Waals surface area contributed by atoms with Gasteiger partial charge < -0.3 is 9.73 Å². The van der Waals surface area contributed by atoms with Crippen molar-refractivity contribution in [2.75, 3.05) is 0 Å². The maximum absolute atomic E-state index is 12.3. The second-order valence-electron chi connectivity index (χ2n) is 5.59. The summed E-state index contributed by atoms with van der Waals surface area (Å²) < 4.78 is 5.64. The third kappa shape index (κ3) is 2.52. The number of oxazole rings is 1. The van der Waals surface area contributed by atoms with Crippen LogP contribution in [0.3, 0.4) is 0 Å². The van der Waals surface area contributed by atoms with Crippen LogP contribution in [0.2, 0.25) is 0 Å². The number of nitrogens with one attached hydrogen (secondary N) is 1. The van der Waals surface area contributed by atoms with E-state index in [9.17, 15) is 9.59 Å². The lowest BCUT2D eigenvalue weighted by atomic mass is 10.1. The first-order chi connectivity index (χ1) is 10.5. The monoisotopic (exact) mass is 319 g/mol. The lowest BCUT2D eigenvalue weighted by Gasteiger charge is -2.13. The van der Waals surface area contributed by atoms with Crippen molar-refractivity contribution in [3.63, 3.8) is 0 Å². The summed E-state index contributed by atoms with van der Waals surface area (Å²) in [5.41, 5.74) is 0.608. The van der Waals surface area contributed by atoms with Crippen molar-refractivity contribution < 1.29 is 14.0 Å². The molecule has 1 aliphatic heterocycles. The van der Waals surface area contributed by atoms with Crippen molar-refractivity contribution in [2.45, 2.75) is 33.4 Å². The molecule has 3 rings (SSSR count). The second kappa shape index (κ2) is 5.57. The van der Waals surface area contributed by atoms with Crippen LogP contribution in [0.4, 0.5) is 4.79 Å². The molecule has 2 aromatic heterocycles. The third-order valence-corrected chi connectivity index (χ3v) is 4.51. The summed E-state index contributed by atoms with van der Waals surface area (Å²) in [5, 5.41) is 4.65. The fraction of sp³-hybridized carbons (Fsp3) is 0.400. The summed E-state index contributed by atoms with van der Waals surface area (Å²) >= 11 is 1.53. The van der Waals surface area contributed by atoms with Crippen molar-refractivity contribution in [1.82, 2.24) is 15.2 Å². The molecular weight excluding hydrogens is 302 g/mol. The number of aryl methyl sites for hydroxylation is 1. The van der Waals surface area contributed by atoms with Crippen LogP contribution in [0.5, 0.6) is 0 Å². The Morgan fingerprint density at radius 3 is 2.82 bits per heavy atom. The van der Waals surface area contributed by atoms with Crippen LogP contribution in [-0.2, 0) is 11.3 Å². The molecule has 0 bridgehead atoms. The van der Waals surface area contributed by atoms with Crippen LogP contribution in [0.25, 0.3) is 10.8 Å². The van der Waals surface area contributed by atoms with Crippen molar-refractivity contribution in [1.29, 1.82) is 0 Å². The normalized spacial score (nSPS) is 18.4. The summed E-state index contributed by atoms with van der Waals surface area (Å²) in [6, 6.07) is 3.01. The highest BCUT2D eigenvalue weighted by Gasteiger charge is 2.40. The number of amides is 3. The maximum Gasteiger partial charge on any atom is 0.325 e. The van der Waals surface area contributed by atoms with E-state index in [1.807, 2.05) is 31.4 Å². The zero-order valence-electron chi connectivity index (χ0n) is 12.6. The zero-order valence-corrected chi connectivity index (χ0v) is 13.4. The molecule has 1 atom stereocenters. The van der Waals surface area contributed by atoms with Crippen LogP contribution in [0.15, 0.2) is 21.9 Å². The van der Waals surface area contributed by atoms with Gasteiger partial charge in [0, 0.05) is 0 Å². The van der Waals surface area contributed by atoms with Crippen LogP contribution in [0, 0.1) is 12.8 Å². The average molecular weight is 319 g/mol. The van der Waals surface area contributed by atoms with E-state index in [4.69, 9.17) is 4.42 Å². The van der Waals surface area contributed by atoms with Gasteiger partial charge in [-0.3, -0.25) is 9.69 Å². The van der Waals surface area contributed by atoms with Crippen molar-refractivity contribution in [3.8, 4) is 10.8 Å². The number of carbonyl (C=O) groups excluding carboxylic acids is 2. The predicted molar refractivity (Wildman–Crippen MR) is 82.3 cm³/mol. The molecule has 0 saturated carbocycles. The van der Waals surface area contributed by atoms with Gasteiger partial charge in [-0.15, -0.1) is 11.3 Å². The Hall–Kier alpha value is -2.15. The number of nitrogens with zero attached hydrogens (tertiary/aromatic N) is 2. The molecule has 1 N–H and O–H groups in total. The van der Waals surface area contributed by atoms with Gasteiger partial charge in [0.25, 0.3) is 5.91 Å². The Balaban J connectivity index is 1.82. The summed E-state index contributed by atoms with van der Waals surface area (Å²) in [5.74, 6) is 0.994. The average Bonchev–Trinajstić information content (AvgIpc) is 3.15. The van der Waals surface area contributed by atoms with Gasteiger partial charge in [0.1, 0.15) is 17.5 Å². The van der Waals surface area contributed by atoms with E-state index in [0.717, 1.165) is 4.88 Å². The highest BCUT2D eigenvalue weighted by Crippen LogP contribution is 2.27. The lowest BCUT2D eigenvalue weighted by molar-refractivity contribution is -0.128. The summed E-state index contributed by atoms with van der Waals surface area (Å²) in [6.07, 6.45) is 0. The quantitative estimate of drug-likeness (QED) is 0.879. The Morgan fingerprint density at radius 2 is 2.23 bits per heavy atom. The number of hydrogen-bond donors (Lipinski definition) is 1. The van der Waals surface area contributed by atoms with E-state index >= 15 is 0 Å². The van der Waals surface area contributed by atoms with Gasteiger partial charge in [0.2, 0.25) is 5.89 Å². The number of rotatable bonds is 4. The van der Waals surface area contributed by atoms with Crippen LogP contribution < -0.4 is 5.32 Å². The Morgan fingerprint density at radius 1 is 1.45 bits per heavy atom. The first-order valence-corrected chi connectivity index (χ1v) is 7.97. The first-order valence-electron chi connectivity index (χ1n) is 7.09. The largest absolute Gasteiger partial charge is 0.440 e. The topological polar surface area (TPSA) is 75.4 Å². The van der Waals surface area contributed by atoms with Crippen LogP contribution in [0.1, 0.15) is 25.3 Å². The molecule has 3 heterocycles. The minimum Gasteiger partial charge on any atom is -0.440 e. The molecule has 22 heavy (non-hydrogen) atoms.